The van der Waals surface area contributed by atoms with E-state index in [4.69, 9.17) is 14.2 Å². The van der Waals surface area contributed by atoms with Crippen molar-refractivity contribution in [3.05, 3.63) is 0 Å². The summed E-state index contributed by atoms with van der Waals surface area (Å²) in [6.07, 6.45) is 5.57. The Kier molecular flexibility index (Phi) is 20.9. The van der Waals surface area contributed by atoms with Gasteiger partial charge in [0.05, 0.1) is 0 Å². The summed E-state index contributed by atoms with van der Waals surface area (Å²) in [6.45, 7) is 10.4. The molecule has 0 fully saturated rings. The Bertz CT molecular complexity index is 145. The van der Waals surface area contributed by atoms with Gasteiger partial charge < -0.3 is 19.0 Å². The zero-order valence-electron chi connectivity index (χ0n) is 12.4. The summed E-state index contributed by atoms with van der Waals surface area (Å²) in [5.74, 6) is 0. The molecule has 0 aromatic heterocycles. The number of rotatable bonds is 11. The molecule has 0 heterocycles. The van der Waals surface area contributed by atoms with Crippen LogP contribution in [0.15, 0.2) is 0 Å². The van der Waals surface area contributed by atoms with Gasteiger partial charge in [-0.15, -0.1) is 0 Å². The number of aldehydes is 1. The molecule has 18 heavy (non-hydrogen) atoms. The van der Waals surface area contributed by atoms with Crippen molar-refractivity contribution >= 4 is 6.29 Å². The van der Waals surface area contributed by atoms with Gasteiger partial charge in [0.15, 0.2) is 6.29 Å². The second-order valence-electron chi connectivity index (χ2n) is 3.78. The lowest BCUT2D eigenvalue weighted by molar-refractivity contribution is -0.123. The lowest BCUT2D eigenvalue weighted by Gasteiger charge is -2.09. The summed E-state index contributed by atoms with van der Waals surface area (Å²) in [5.41, 5.74) is 0. The number of carbonyl (C=O) groups is 1. The molecular weight excluding hydrogens is 232 g/mol. The van der Waals surface area contributed by atoms with Crippen molar-refractivity contribution in [1.29, 1.82) is 0 Å². The van der Waals surface area contributed by atoms with Gasteiger partial charge in [0.25, 0.3) is 0 Å². The topological polar surface area (TPSA) is 44.8 Å². The Morgan fingerprint density at radius 1 is 1.00 bits per heavy atom. The fourth-order valence-electron chi connectivity index (χ4n) is 1.28. The standard InChI is InChI=1S/C8H16O2.C6H14O2/c1-2-3-4-5-7-10-8-6-9;1-4-7-6(3)8-5-2/h6H,2-5,7-8H2,1H3;6H,4-5H2,1-3H3. The number of hydrogen-bond donors (Lipinski definition) is 0. The van der Waals surface area contributed by atoms with Gasteiger partial charge >= 0.3 is 0 Å². The smallest absolute Gasteiger partial charge is 0.154 e. The molecule has 0 saturated heterocycles. The molecule has 0 unspecified atom stereocenters. The Hall–Kier alpha value is -0.450. The van der Waals surface area contributed by atoms with Crippen LogP contribution in [0.1, 0.15) is 53.4 Å². The molecule has 0 rings (SSSR count). The quantitative estimate of drug-likeness (QED) is 0.326. The number of unbranched alkanes of at least 4 members (excludes halogenated alkanes) is 3. The summed E-state index contributed by atoms with van der Waals surface area (Å²) in [4.78, 5) is 9.77. The molecule has 0 spiro atoms. The van der Waals surface area contributed by atoms with E-state index in [1.807, 2.05) is 20.8 Å². The molecule has 0 aliphatic rings. The summed E-state index contributed by atoms with van der Waals surface area (Å²) >= 11 is 0. The van der Waals surface area contributed by atoms with Crippen LogP contribution in [0.5, 0.6) is 0 Å². The van der Waals surface area contributed by atoms with Crippen molar-refractivity contribution < 1.29 is 19.0 Å². The third kappa shape index (κ3) is 20.9. The van der Waals surface area contributed by atoms with Crippen LogP contribution in [-0.2, 0) is 19.0 Å². The lowest BCUT2D eigenvalue weighted by Crippen LogP contribution is -2.11. The van der Waals surface area contributed by atoms with Crippen molar-refractivity contribution in [1.82, 2.24) is 0 Å². The lowest BCUT2D eigenvalue weighted by atomic mass is 10.2. The average molecular weight is 262 g/mol. The summed E-state index contributed by atoms with van der Waals surface area (Å²) in [6, 6.07) is 0. The van der Waals surface area contributed by atoms with Crippen molar-refractivity contribution in [3.8, 4) is 0 Å². The first-order chi connectivity index (χ1) is 8.72. The number of hydrogen-bond acceptors (Lipinski definition) is 4. The predicted molar refractivity (Wildman–Crippen MR) is 73.7 cm³/mol. The SMILES string of the molecule is CCCCCCOCC=O.CCOC(C)OCC. The molecule has 110 valence electrons. The highest BCUT2D eigenvalue weighted by atomic mass is 16.7. The van der Waals surface area contributed by atoms with E-state index in [1.165, 1.54) is 19.3 Å². The number of ether oxygens (including phenoxy) is 3. The molecule has 0 saturated carbocycles. The zero-order valence-corrected chi connectivity index (χ0v) is 12.4. The molecular formula is C14H30O4. The van der Waals surface area contributed by atoms with Crippen molar-refractivity contribution in [2.45, 2.75) is 59.7 Å². The predicted octanol–water partition coefficient (Wildman–Crippen LogP) is 3.19. The highest BCUT2D eigenvalue weighted by molar-refractivity contribution is 5.50. The van der Waals surface area contributed by atoms with E-state index in [9.17, 15) is 4.79 Å². The monoisotopic (exact) mass is 262 g/mol. The first-order valence-electron chi connectivity index (χ1n) is 6.97. The molecule has 4 nitrogen and oxygen atoms in total. The van der Waals surface area contributed by atoms with Gasteiger partial charge in [-0.3, -0.25) is 0 Å². The van der Waals surface area contributed by atoms with Crippen LogP contribution in [0.3, 0.4) is 0 Å². The van der Waals surface area contributed by atoms with Crippen LogP contribution in [0, 0.1) is 0 Å². The average Bonchev–Trinajstić information content (AvgIpc) is 2.35. The third-order valence-electron chi connectivity index (χ3n) is 2.13. The van der Waals surface area contributed by atoms with E-state index in [0.29, 0.717) is 0 Å². The van der Waals surface area contributed by atoms with Crippen LogP contribution < -0.4 is 0 Å². The van der Waals surface area contributed by atoms with Gasteiger partial charge in [-0.1, -0.05) is 26.2 Å². The van der Waals surface area contributed by atoms with E-state index >= 15 is 0 Å². The van der Waals surface area contributed by atoms with Crippen LogP contribution >= 0.6 is 0 Å². The molecule has 0 bridgehead atoms. The highest BCUT2D eigenvalue weighted by Gasteiger charge is 1.94. The van der Waals surface area contributed by atoms with Crippen LogP contribution in [-0.4, -0.2) is 39.0 Å². The molecule has 0 aromatic rings. The molecule has 0 radical (unpaired) electrons. The first-order valence-corrected chi connectivity index (χ1v) is 6.97. The van der Waals surface area contributed by atoms with Gasteiger partial charge in [0, 0.05) is 19.8 Å². The van der Waals surface area contributed by atoms with Crippen LogP contribution in [0.4, 0.5) is 0 Å². The van der Waals surface area contributed by atoms with E-state index in [1.54, 1.807) is 0 Å². The molecule has 0 aliphatic carbocycles. The molecule has 4 heteroatoms. The van der Waals surface area contributed by atoms with E-state index in [2.05, 4.69) is 6.92 Å². The number of carbonyl (C=O) groups excluding carboxylic acids is 1. The summed E-state index contributed by atoms with van der Waals surface area (Å²) < 4.78 is 15.1. The summed E-state index contributed by atoms with van der Waals surface area (Å²) in [7, 11) is 0. The van der Waals surface area contributed by atoms with E-state index < -0.39 is 0 Å². The first kappa shape index (κ1) is 19.9. The van der Waals surface area contributed by atoms with E-state index in [-0.39, 0.29) is 12.9 Å². The summed E-state index contributed by atoms with van der Waals surface area (Å²) in [5, 5.41) is 0. The van der Waals surface area contributed by atoms with Gasteiger partial charge in [-0.05, 0) is 27.2 Å². The maximum atomic E-state index is 9.77. The van der Waals surface area contributed by atoms with Crippen LogP contribution in [0.2, 0.25) is 0 Å². The van der Waals surface area contributed by atoms with Gasteiger partial charge in [0.2, 0.25) is 0 Å². The fourth-order valence-corrected chi connectivity index (χ4v) is 1.28. The molecule has 0 amide bonds. The zero-order chi connectivity index (χ0) is 14.1. The maximum absolute atomic E-state index is 9.77. The molecule has 0 aliphatic heterocycles. The normalized spacial score (nSPS) is 10.1. The largest absolute Gasteiger partial charge is 0.374 e. The second kappa shape index (κ2) is 18.9. The minimum absolute atomic E-state index is 0.0370. The third-order valence-corrected chi connectivity index (χ3v) is 2.13. The van der Waals surface area contributed by atoms with Gasteiger partial charge in [-0.2, -0.15) is 0 Å². The maximum Gasteiger partial charge on any atom is 0.154 e. The highest BCUT2D eigenvalue weighted by Crippen LogP contribution is 1.98. The Morgan fingerprint density at radius 3 is 2.06 bits per heavy atom. The minimum Gasteiger partial charge on any atom is -0.374 e. The molecule has 0 N–H and O–H groups in total. The van der Waals surface area contributed by atoms with Crippen molar-refractivity contribution in [3.63, 3.8) is 0 Å². The Morgan fingerprint density at radius 2 is 1.61 bits per heavy atom. The van der Waals surface area contributed by atoms with Gasteiger partial charge in [-0.25, -0.2) is 0 Å². The molecule has 0 atom stereocenters. The Balaban J connectivity index is 0. The fraction of sp³-hybridized carbons (Fsp3) is 0.929. The Labute approximate surface area is 112 Å². The van der Waals surface area contributed by atoms with E-state index in [0.717, 1.165) is 32.5 Å². The second-order valence-corrected chi connectivity index (χ2v) is 3.78. The van der Waals surface area contributed by atoms with Crippen molar-refractivity contribution in [2.24, 2.45) is 0 Å². The van der Waals surface area contributed by atoms with Crippen LogP contribution in [0.25, 0.3) is 0 Å². The molecule has 0 aromatic carbocycles. The minimum atomic E-state index is -0.0370. The van der Waals surface area contributed by atoms with Crippen molar-refractivity contribution in [2.75, 3.05) is 26.4 Å². The van der Waals surface area contributed by atoms with Gasteiger partial charge in [0.1, 0.15) is 12.9 Å².